The quantitative estimate of drug-likeness (QED) is 0.585. The lowest BCUT2D eigenvalue weighted by Gasteiger charge is -2.12. The summed E-state index contributed by atoms with van der Waals surface area (Å²) >= 11 is 1.69. The molecule has 0 fully saturated rings. The highest BCUT2D eigenvalue weighted by Gasteiger charge is 2.09. The molecule has 27 heavy (non-hydrogen) atoms. The lowest BCUT2D eigenvalue weighted by molar-refractivity contribution is 0.386. The minimum Gasteiger partial charge on any atom is -0.496 e. The Bertz CT molecular complexity index is 855. The van der Waals surface area contributed by atoms with Crippen molar-refractivity contribution in [2.45, 2.75) is 26.4 Å². The van der Waals surface area contributed by atoms with E-state index in [0.717, 1.165) is 23.0 Å². The molecule has 0 bridgehead atoms. The van der Waals surface area contributed by atoms with E-state index in [4.69, 9.17) is 14.2 Å². The molecule has 3 rings (SSSR count). The van der Waals surface area contributed by atoms with Crippen molar-refractivity contribution in [2.75, 3.05) is 14.2 Å². The molecule has 0 radical (unpaired) electrons. The topological polar surface area (TPSA) is 52.6 Å². The maximum absolute atomic E-state index is 5.93. The summed E-state index contributed by atoms with van der Waals surface area (Å²) in [6.45, 7) is 4.92. The number of thiazole rings is 1. The van der Waals surface area contributed by atoms with Gasteiger partial charge in [-0.3, -0.25) is 0 Å². The van der Waals surface area contributed by atoms with Crippen LogP contribution in [0.25, 0.3) is 0 Å². The maximum atomic E-state index is 5.93. The number of methoxy groups -OCH3 is 2. The molecule has 0 aliphatic rings. The lowest BCUT2D eigenvalue weighted by Crippen LogP contribution is -2.17. The molecule has 1 unspecified atom stereocenters. The van der Waals surface area contributed by atoms with Gasteiger partial charge >= 0.3 is 0 Å². The van der Waals surface area contributed by atoms with E-state index in [1.807, 2.05) is 37.3 Å². The van der Waals surface area contributed by atoms with Crippen LogP contribution in [0.3, 0.4) is 0 Å². The first kappa shape index (κ1) is 19.2. The smallest absolute Gasteiger partial charge is 0.134 e. The van der Waals surface area contributed by atoms with Crippen molar-refractivity contribution in [1.29, 1.82) is 0 Å². The van der Waals surface area contributed by atoms with Crippen molar-refractivity contribution in [3.63, 3.8) is 0 Å². The first-order chi connectivity index (χ1) is 13.1. The van der Waals surface area contributed by atoms with Crippen LogP contribution in [-0.2, 0) is 6.54 Å². The summed E-state index contributed by atoms with van der Waals surface area (Å²) < 4.78 is 16.5. The number of aromatic nitrogens is 1. The summed E-state index contributed by atoms with van der Waals surface area (Å²) in [6.07, 6.45) is 0. The summed E-state index contributed by atoms with van der Waals surface area (Å²) in [5.74, 6) is 2.82. The van der Waals surface area contributed by atoms with E-state index >= 15 is 0 Å². The zero-order chi connectivity index (χ0) is 19.2. The van der Waals surface area contributed by atoms with E-state index in [0.29, 0.717) is 17.2 Å². The maximum Gasteiger partial charge on any atom is 0.134 e. The lowest BCUT2D eigenvalue weighted by atomic mass is 10.2. The second-order valence-electron chi connectivity index (χ2n) is 6.22. The first-order valence-electron chi connectivity index (χ1n) is 8.72. The van der Waals surface area contributed by atoms with Gasteiger partial charge in [-0.1, -0.05) is 12.1 Å². The van der Waals surface area contributed by atoms with Crippen LogP contribution in [0.2, 0.25) is 0 Å². The zero-order valence-corrected chi connectivity index (χ0v) is 16.8. The predicted molar refractivity (Wildman–Crippen MR) is 108 cm³/mol. The Morgan fingerprint density at radius 2 is 1.59 bits per heavy atom. The normalized spacial score (nSPS) is 11.9. The Morgan fingerprint density at radius 3 is 2.15 bits per heavy atom. The minimum atomic E-state index is 0.226. The number of hydrogen-bond donors (Lipinski definition) is 1. The molecule has 0 spiro atoms. The van der Waals surface area contributed by atoms with Gasteiger partial charge in [0.1, 0.15) is 28.0 Å². The third kappa shape index (κ3) is 5.21. The van der Waals surface area contributed by atoms with Crippen molar-refractivity contribution in [3.8, 4) is 23.0 Å². The molecule has 0 aliphatic carbocycles. The molecule has 1 N–H and O–H groups in total. The van der Waals surface area contributed by atoms with Crippen LogP contribution < -0.4 is 19.5 Å². The number of nitrogens with one attached hydrogen (secondary N) is 1. The van der Waals surface area contributed by atoms with Gasteiger partial charge < -0.3 is 19.5 Å². The second kappa shape index (κ2) is 8.88. The number of nitrogens with zero attached hydrogens (tertiary/aromatic N) is 1. The summed E-state index contributed by atoms with van der Waals surface area (Å²) in [5.41, 5.74) is 2.25. The van der Waals surface area contributed by atoms with E-state index in [2.05, 4.69) is 34.7 Å². The van der Waals surface area contributed by atoms with Crippen molar-refractivity contribution in [3.05, 3.63) is 64.1 Å². The molecule has 5 nitrogen and oxygen atoms in total. The van der Waals surface area contributed by atoms with E-state index in [9.17, 15) is 0 Å². The molecule has 2 aromatic carbocycles. The molecule has 0 saturated heterocycles. The third-order valence-electron chi connectivity index (χ3n) is 4.10. The summed E-state index contributed by atoms with van der Waals surface area (Å²) in [4.78, 5) is 4.53. The largest absolute Gasteiger partial charge is 0.496 e. The van der Waals surface area contributed by atoms with Crippen LogP contribution in [-0.4, -0.2) is 19.2 Å². The number of benzene rings is 2. The first-order valence-corrected chi connectivity index (χ1v) is 9.60. The van der Waals surface area contributed by atoms with Gasteiger partial charge in [-0.2, -0.15) is 0 Å². The molecule has 1 aromatic heterocycles. The molecule has 0 saturated carbocycles. The van der Waals surface area contributed by atoms with Crippen molar-refractivity contribution in [1.82, 2.24) is 10.3 Å². The molecule has 1 atom stereocenters. The van der Waals surface area contributed by atoms with Crippen LogP contribution in [0.1, 0.15) is 29.2 Å². The Hall–Kier alpha value is -2.57. The zero-order valence-electron chi connectivity index (χ0n) is 16.0. The van der Waals surface area contributed by atoms with Crippen LogP contribution in [0.5, 0.6) is 23.0 Å². The van der Waals surface area contributed by atoms with Gasteiger partial charge in [0.25, 0.3) is 0 Å². The van der Waals surface area contributed by atoms with E-state index in [1.54, 1.807) is 25.6 Å². The highest BCUT2D eigenvalue weighted by molar-refractivity contribution is 7.09. The predicted octanol–water partition coefficient (Wildman–Crippen LogP) is 5.11. The summed E-state index contributed by atoms with van der Waals surface area (Å²) in [5, 5.41) is 6.69. The van der Waals surface area contributed by atoms with Gasteiger partial charge in [0, 0.05) is 35.8 Å². The number of rotatable bonds is 8. The minimum absolute atomic E-state index is 0.226. The third-order valence-corrected chi connectivity index (χ3v) is 5.25. The number of aryl methyl sites for hydroxylation is 1. The molecule has 142 valence electrons. The molecule has 0 aliphatic heterocycles. The summed E-state index contributed by atoms with van der Waals surface area (Å²) in [7, 11) is 3.24. The number of ether oxygens (including phenoxy) is 3. The average Bonchev–Trinajstić information content (AvgIpc) is 3.13. The van der Waals surface area contributed by atoms with Gasteiger partial charge in [0.2, 0.25) is 0 Å². The Balaban J connectivity index is 1.60. The molecule has 3 aromatic rings. The summed E-state index contributed by atoms with van der Waals surface area (Å²) in [6, 6.07) is 13.7. The molecule has 6 heteroatoms. The highest BCUT2D eigenvalue weighted by Crippen LogP contribution is 2.31. The fourth-order valence-electron chi connectivity index (χ4n) is 2.58. The Morgan fingerprint density at radius 1 is 0.963 bits per heavy atom. The van der Waals surface area contributed by atoms with Crippen LogP contribution in [0.15, 0.2) is 47.8 Å². The average molecular weight is 385 g/mol. The van der Waals surface area contributed by atoms with E-state index in [-0.39, 0.29) is 6.04 Å². The SMILES string of the molecule is COc1cc(OC)cc(Oc2ccc(CNC(C)c3nc(C)cs3)cc2)c1. The second-order valence-corrected chi connectivity index (χ2v) is 7.11. The molecular weight excluding hydrogens is 360 g/mol. The van der Waals surface area contributed by atoms with Crippen molar-refractivity contribution in [2.24, 2.45) is 0 Å². The van der Waals surface area contributed by atoms with Crippen LogP contribution in [0.4, 0.5) is 0 Å². The van der Waals surface area contributed by atoms with Crippen molar-refractivity contribution >= 4 is 11.3 Å². The molecular formula is C21H24N2O3S. The molecule has 1 heterocycles. The fraction of sp³-hybridized carbons (Fsp3) is 0.286. The van der Waals surface area contributed by atoms with Gasteiger partial charge in [0.15, 0.2) is 0 Å². The van der Waals surface area contributed by atoms with Gasteiger partial charge in [-0.15, -0.1) is 11.3 Å². The number of hydrogen-bond acceptors (Lipinski definition) is 6. The Kier molecular flexibility index (Phi) is 6.32. The van der Waals surface area contributed by atoms with Crippen molar-refractivity contribution < 1.29 is 14.2 Å². The standard InChI is InChI=1S/C21H24N2O3S/c1-14-13-27-21(23-14)15(2)22-12-16-5-7-17(8-6-16)26-20-10-18(24-3)9-19(11-20)25-4/h5-11,13,15,22H,12H2,1-4H3. The highest BCUT2D eigenvalue weighted by atomic mass is 32.1. The van der Waals surface area contributed by atoms with E-state index < -0.39 is 0 Å². The Labute approximate surface area is 163 Å². The van der Waals surface area contributed by atoms with Gasteiger partial charge in [0.05, 0.1) is 20.3 Å². The van der Waals surface area contributed by atoms with Crippen LogP contribution in [0, 0.1) is 6.92 Å². The van der Waals surface area contributed by atoms with Gasteiger partial charge in [-0.05, 0) is 31.5 Å². The monoisotopic (exact) mass is 384 g/mol. The van der Waals surface area contributed by atoms with Gasteiger partial charge in [-0.25, -0.2) is 4.98 Å². The molecule has 0 amide bonds. The van der Waals surface area contributed by atoms with Crippen LogP contribution >= 0.6 is 11.3 Å². The fourth-order valence-corrected chi connectivity index (χ4v) is 3.41. The van der Waals surface area contributed by atoms with E-state index in [1.165, 1.54) is 5.56 Å².